The minimum absolute atomic E-state index is 0.0345. The average Bonchev–Trinajstić information content (AvgIpc) is 2.42. The molecule has 0 amide bonds. The molecule has 0 saturated heterocycles. The fourth-order valence-corrected chi connectivity index (χ4v) is 3.71. The molecule has 0 aromatic heterocycles. The molecule has 0 aromatic rings. The molecule has 0 N–H and O–H groups in total. The summed E-state index contributed by atoms with van der Waals surface area (Å²) in [5.74, 6) is -2.95. The molecule has 6 heteroatoms. The number of esters is 2. The minimum atomic E-state index is -1.34. The summed E-state index contributed by atoms with van der Waals surface area (Å²) in [5, 5.41) is 0. The third-order valence-corrected chi connectivity index (χ3v) is 4.56. The summed E-state index contributed by atoms with van der Waals surface area (Å²) in [6.45, 7) is 4.75. The highest BCUT2D eigenvalue weighted by Crippen LogP contribution is 2.57. The first-order valence-corrected chi connectivity index (χ1v) is 6.61. The van der Waals surface area contributed by atoms with Gasteiger partial charge >= 0.3 is 11.9 Å². The number of carbonyl (C=O) groups excluding carboxylic acids is 4. The maximum atomic E-state index is 12.7. The molecular weight excluding hydrogens is 276 g/mol. The van der Waals surface area contributed by atoms with Crippen LogP contribution in [0.5, 0.6) is 0 Å². The fraction of sp³-hybridized carbons (Fsp3) is 0.600. The Morgan fingerprint density at radius 3 is 2.05 bits per heavy atom. The maximum absolute atomic E-state index is 12.7. The van der Waals surface area contributed by atoms with Crippen LogP contribution in [0.15, 0.2) is 11.1 Å². The zero-order valence-corrected chi connectivity index (χ0v) is 12.7. The van der Waals surface area contributed by atoms with Gasteiger partial charge in [0.1, 0.15) is 11.6 Å². The number of hydrogen-bond acceptors (Lipinski definition) is 6. The Morgan fingerprint density at radius 1 is 1.05 bits per heavy atom. The van der Waals surface area contributed by atoms with Crippen molar-refractivity contribution in [3.05, 3.63) is 11.1 Å². The highest BCUT2D eigenvalue weighted by Gasteiger charge is 2.65. The van der Waals surface area contributed by atoms with Crippen molar-refractivity contribution in [3.8, 4) is 0 Å². The quantitative estimate of drug-likeness (QED) is 0.701. The summed E-state index contributed by atoms with van der Waals surface area (Å²) in [6.07, 6.45) is -0.0924. The van der Waals surface area contributed by atoms with Gasteiger partial charge in [0.2, 0.25) is 0 Å². The van der Waals surface area contributed by atoms with Crippen LogP contribution < -0.4 is 0 Å². The Kier molecular flexibility index (Phi) is 3.31. The van der Waals surface area contributed by atoms with Crippen molar-refractivity contribution in [2.45, 2.75) is 27.2 Å². The highest BCUT2D eigenvalue weighted by atomic mass is 16.5. The summed E-state index contributed by atoms with van der Waals surface area (Å²) < 4.78 is 9.44. The number of ether oxygens (including phenoxy) is 2. The molecule has 1 fully saturated rings. The molecule has 0 aromatic carbocycles. The van der Waals surface area contributed by atoms with Crippen LogP contribution in [-0.4, -0.2) is 37.7 Å². The van der Waals surface area contributed by atoms with Gasteiger partial charge in [-0.05, 0) is 6.92 Å². The largest absolute Gasteiger partial charge is 0.466 e. The summed E-state index contributed by atoms with van der Waals surface area (Å²) in [7, 11) is 2.35. The molecule has 3 rings (SSSR count). The average molecular weight is 294 g/mol. The van der Waals surface area contributed by atoms with Gasteiger partial charge in [-0.15, -0.1) is 0 Å². The summed E-state index contributed by atoms with van der Waals surface area (Å²) in [6, 6.07) is 0. The SMILES string of the molecule is COC(=O)C1=C(C(=O)OC)[C@]2(C)CC(=O)[C@H]1C(C)(C)C2=O. The van der Waals surface area contributed by atoms with Crippen molar-refractivity contribution in [2.24, 2.45) is 16.7 Å². The molecule has 6 nitrogen and oxygen atoms in total. The van der Waals surface area contributed by atoms with Crippen LogP contribution in [0.1, 0.15) is 27.2 Å². The lowest BCUT2D eigenvalue weighted by Crippen LogP contribution is -2.60. The standard InChI is InChI=1S/C15H18O6/c1-14(2)9-7(16)6-15(3,13(14)19)10(12(18)21-5)8(9)11(17)20-4/h9H,6H2,1-5H3/t9-,15+/m1/s1. The second-order valence-corrected chi connectivity index (χ2v) is 6.23. The Hall–Kier alpha value is -1.98. The first-order chi connectivity index (χ1) is 9.62. The number of rotatable bonds is 2. The topological polar surface area (TPSA) is 86.7 Å². The van der Waals surface area contributed by atoms with Crippen LogP contribution in [0.4, 0.5) is 0 Å². The predicted octanol–water partition coefficient (Wildman–Crippen LogP) is 0.833. The summed E-state index contributed by atoms with van der Waals surface area (Å²) >= 11 is 0. The van der Waals surface area contributed by atoms with E-state index in [1.54, 1.807) is 13.8 Å². The van der Waals surface area contributed by atoms with Crippen molar-refractivity contribution < 1.29 is 28.7 Å². The van der Waals surface area contributed by atoms with Crippen LogP contribution in [0.25, 0.3) is 0 Å². The van der Waals surface area contributed by atoms with Gasteiger partial charge in [0.15, 0.2) is 0 Å². The number of hydrogen-bond donors (Lipinski definition) is 0. The molecule has 3 aliphatic rings. The second kappa shape index (κ2) is 4.51. The van der Waals surface area contributed by atoms with E-state index in [1.165, 1.54) is 21.1 Å². The van der Waals surface area contributed by atoms with Crippen molar-refractivity contribution in [1.29, 1.82) is 0 Å². The molecule has 114 valence electrons. The number of Topliss-reactive ketones (excluding diaryl/α,β-unsaturated/α-hetero) is 2. The van der Waals surface area contributed by atoms with E-state index >= 15 is 0 Å². The Bertz CT molecular complexity index is 597. The van der Waals surface area contributed by atoms with E-state index in [0.717, 1.165) is 0 Å². The smallest absolute Gasteiger partial charge is 0.335 e. The monoisotopic (exact) mass is 294 g/mol. The van der Waals surface area contributed by atoms with E-state index in [4.69, 9.17) is 9.47 Å². The maximum Gasteiger partial charge on any atom is 0.335 e. The predicted molar refractivity (Wildman–Crippen MR) is 71.1 cm³/mol. The van der Waals surface area contributed by atoms with E-state index in [-0.39, 0.29) is 29.1 Å². The van der Waals surface area contributed by atoms with Crippen LogP contribution in [-0.2, 0) is 28.7 Å². The van der Waals surface area contributed by atoms with Crippen molar-refractivity contribution >= 4 is 23.5 Å². The van der Waals surface area contributed by atoms with Crippen molar-refractivity contribution in [2.75, 3.05) is 14.2 Å². The third kappa shape index (κ3) is 1.78. The first kappa shape index (κ1) is 15.4. The Morgan fingerprint density at radius 2 is 1.57 bits per heavy atom. The van der Waals surface area contributed by atoms with Gasteiger partial charge < -0.3 is 9.47 Å². The molecule has 21 heavy (non-hydrogen) atoms. The van der Waals surface area contributed by atoms with Gasteiger partial charge in [0.25, 0.3) is 0 Å². The molecule has 0 spiro atoms. The Balaban J connectivity index is 2.85. The first-order valence-electron chi connectivity index (χ1n) is 6.61. The van der Waals surface area contributed by atoms with E-state index in [9.17, 15) is 19.2 Å². The Labute approximate surface area is 122 Å². The van der Waals surface area contributed by atoms with Crippen LogP contribution >= 0.6 is 0 Å². The van der Waals surface area contributed by atoms with Crippen LogP contribution in [0.2, 0.25) is 0 Å². The lowest BCUT2D eigenvalue weighted by atomic mass is 9.48. The van der Waals surface area contributed by atoms with E-state index in [2.05, 4.69) is 0 Å². The molecule has 0 aliphatic heterocycles. The number of carbonyl (C=O) groups is 4. The van der Waals surface area contributed by atoms with Crippen LogP contribution in [0, 0.1) is 16.7 Å². The molecule has 2 bridgehead atoms. The molecule has 0 unspecified atom stereocenters. The lowest BCUT2D eigenvalue weighted by molar-refractivity contribution is -0.158. The van der Waals surface area contributed by atoms with E-state index in [0.29, 0.717) is 0 Å². The number of fused-ring (bicyclic) bond motifs is 2. The lowest BCUT2D eigenvalue weighted by Gasteiger charge is -2.51. The fourth-order valence-electron chi connectivity index (χ4n) is 3.71. The second-order valence-electron chi connectivity index (χ2n) is 6.23. The van der Waals surface area contributed by atoms with E-state index < -0.39 is 28.7 Å². The van der Waals surface area contributed by atoms with Gasteiger partial charge in [0, 0.05) is 11.8 Å². The zero-order chi connectivity index (χ0) is 16.2. The molecule has 0 radical (unpaired) electrons. The normalized spacial score (nSPS) is 30.4. The third-order valence-electron chi connectivity index (χ3n) is 4.56. The van der Waals surface area contributed by atoms with Gasteiger partial charge in [-0.1, -0.05) is 13.8 Å². The van der Waals surface area contributed by atoms with Crippen molar-refractivity contribution in [1.82, 2.24) is 0 Å². The number of ketones is 2. The molecule has 3 aliphatic carbocycles. The molecule has 0 heterocycles. The summed E-state index contributed by atoms with van der Waals surface area (Å²) in [4.78, 5) is 49.3. The minimum Gasteiger partial charge on any atom is -0.466 e. The molecule has 2 atom stereocenters. The van der Waals surface area contributed by atoms with E-state index in [1.807, 2.05) is 0 Å². The molecule has 1 saturated carbocycles. The van der Waals surface area contributed by atoms with Gasteiger partial charge in [-0.3, -0.25) is 9.59 Å². The highest BCUT2D eigenvalue weighted by molar-refractivity contribution is 6.19. The number of methoxy groups -OCH3 is 2. The van der Waals surface area contributed by atoms with Crippen molar-refractivity contribution in [3.63, 3.8) is 0 Å². The van der Waals surface area contributed by atoms with Crippen LogP contribution in [0.3, 0.4) is 0 Å². The summed E-state index contributed by atoms with van der Waals surface area (Å²) in [5.41, 5.74) is -2.46. The van der Waals surface area contributed by atoms with Gasteiger partial charge in [-0.25, -0.2) is 9.59 Å². The van der Waals surface area contributed by atoms with Gasteiger partial charge in [0.05, 0.1) is 36.7 Å². The molecular formula is C15H18O6. The zero-order valence-electron chi connectivity index (χ0n) is 12.7. The van der Waals surface area contributed by atoms with Gasteiger partial charge in [-0.2, -0.15) is 0 Å².